The van der Waals surface area contributed by atoms with Crippen molar-refractivity contribution in [2.24, 2.45) is 0 Å². The number of phosphoric acid groups is 1. The maximum atomic E-state index is 10.5. The zero-order valence-corrected chi connectivity index (χ0v) is 17.9. The van der Waals surface area contributed by atoms with Crippen LogP contribution in [0.4, 0.5) is 0 Å². The molecule has 124 valence electrons. The molecule has 1 atom stereocenters. The summed E-state index contributed by atoms with van der Waals surface area (Å²) in [6.45, 7) is 4.21. The van der Waals surface area contributed by atoms with Crippen LogP contribution >= 0.6 is 7.82 Å². The van der Waals surface area contributed by atoms with Gasteiger partial charge in [-0.3, -0.25) is 4.52 Å². The van der Waals surface area contributed by atoms with E-state index in [1.165, 1.54) is 58.3 Å². The molecule has 2 N–H and O–H groups in total. The number of rotatable bonds is 14. The van der Waals surface area contributed by atoms with Crippen molar-refractivity contribution in [1.82, 2.24) is 0 Å². The summed E-state index contributed by atoms with van der Waals surface area (Å²) in [6, 6.07) is 0. The van der Waals surface area contributed by atoms with E-state index in [-0.39, 0.29) is 52.8 Å². The number of phosphoric ester groups is 1. The summed E-state index contributed by atoms with van der Waals surface area (Å²) in [6.07, 6.45) is 11.6. The molecule has 0 fully saturated rings. The molecule has 1 unspecified atom stereocenters. The molecule has 0 rings (SSSR count). The fraction of sp³-hybridized carbons (Fsp3) is 1.00. The first-order valence-electron chi connectivity index (χ1n) is 7.81. The Morgan fingerprint density at radius 2 is 1.38 bits per heavy atom. The summed E-state index contributed by atoms with van der Waals surface area (Å²) in [4.78, 5) is 17.1. The molecule has 0 aliphatic carbocycles. The molecule has 0 aromatic rings. The van der Waals surface area contributed by atoms with Crippen LogP contribution in [0.5, 0.6) is 0 Å². The van der Waals surface area contributed by atoms with Crippen molar-refractivity contribution in [3.8, 4) is 0 Å². The zero-order chi connectivity index (χ0) is 15.3. The van der Waals surface area contributed by atoms with E-state index < -0.39 is 14.1 Å². The molecule has 0 aliphatic rings. The third kappa shape index (κ3) is 21.7. The van der Waals surface area contributed by atoms with Crippen LogP contribution in [0.15, 0.2) is 0 Å². The van der Waals surface area contributed by atoms with Gasteiger partial charge in [-0.1, -0.05) is 64.7 Å². The predicted octanol–water partition coefficient (Wildman–Crippen LogP) is 1.50. The molecule has 7 heteroatoms. The van der Waals surface area contributed by atoms with E-state index >= 15 is 0 Å². The Hall–Kier alpha value is 1.71. The van der Waals surface area contributed by atoms with E-state index in [0.717, 1.165) is 12.8 Å². The molecule has 0 spiro atoms. The van der Waals surface area contributed by atoms with Gasteiger partial charge in [0.05, 0.1) is 0 Å². The van der Waals surface area contributed by atoms with Crippen LogP contribution in [0, 0.1) is 0 Å². The van der Waals surface area contributed by atoms with Crippen LogP contribution in [0.3, 0.4) is 0 Å². The second-order valence-electron chi connectivity index (χ2n) is 5.22. The van der Waals surface area contributed by atoms with Gasteiger partial charge in [-0.15, -0.1) is 0 Å². The fourth-order valence-corrected chi connectivity index (χ4v) is 2.51. The Kier molecular flexibility index (Phi) is 19.7. The van der Waals surface area contributed by atoms with Gasteiger partial charge in [0, 0.05) is 6.61 Å². The Morgan fingerprint density at radius 1 is 0.952 bits per heavy atom. The van der Waals surface area contributed by atoms with Crippen LogP contribution in [0.1, 0.15) is 79.5 Å². The average molecular weight is 350 g/mol. The Morgan fingerprint density at radius 3 is 1.81 bits per heavy atom. The summed E-state index contributed by atoms with van der Waals surface area (Å²) in [5, 5.41) is 0. The Bertz CT molecular complexity index is 266. The first-order valence-corrected chi connectivity index (χ1v) is 9.34. The molecule has 0 saturated heterocycles. The molecule has 0 aromatic carbocycles. The van der Waals surface area contributed by atoms with Gasteiger partial charge in [-0.05, 0) is 13.3 Å². The van der Waals surface area contributed by atoms with E-state index in [1.807, 2.05) is 0 Å². The third-order valence-electron chi connectivity index (χ3n) is 3.14. The minimum absolute atomic E-state index is 0. The topological polar surface area (TPSA) is 76.0 Å². The molecule has 0 amide bonds. The largest absolute Gasteiger partial charge is 1.00 e. The maximum absolute atomic E-state index is 10.5. The van der Waals surface area contributed by atoms with Gasteiger partial charge in [0.2, 0.25) is 0 Å². The predicted molar refractivity (Wildman–Crippen MR) is 81.5 cm³/mol. The van der Waals surface area contributed by atoms with Crippen molar-refractivity contribution in [2.45, 2.75) is 84.3 Å². The van der Waals surface area contributed by atoms with E-state index in [0.29, 0.717) is 6.61 Å². The molecule has 0 radical (unpaired) electrons. The fourth-order valence-electron chi connectivity index (χ4n) is 2.06. The van der Waals surface area contributed by atoms with Crippen molar-refractivity contribution in [3.63, 3.8) is 0 Å². The standard InChI is InChI=1S/C14H31O5P.K.H/c1-3-4-5-6-7-8-9-10-11-12-13-18-14(2)19-20(15,16)17;;/h14H,3-13H2,1-2H3,(H2,15,16,17);;/q;+1;-1. The van der Waals surface area contributed by atoms with E-state index in [1.54, 1.807) is 0 Å². The molecular weight excluding hydrogens is 318 g/mol. The van der Waals surface area contributed by atoms with Crippen molar-refractivity contribution >= 4 is 7.82 Å². The molecule has 0 heterocycles. The smallest absolute Gasteiger partial charge is 1.00 e. The quantitative estimate of drug-likeness (QED) is 0.215. The van der Waals surface area contributed by atoms with Gasteiger partial charge in [0.25, 0.3) is 0 Å². The van der Waals surface area contributed by atoms with Gasteiger partial charge in [-0.25, -0.2) is 4.57 Å². The summed E-state index contributed by atoms with van der Waals surface area (Å²) in [5.74, 6) is 0. The first kappa shape index (κ1) is 25.0. The number of unbranched alkanes of at least 4 members (excludes halogenated alkanes) is 9. The number of hydrogen-bond donors (Lipinski definition) is 2. The first-order chi connectivity index (χ1) is 9.45. The maximum Gasteiger partial charge on any atom is 1.00 e. The van der Waals surface area contributed by atoms with Gasteiger partial charge < -0.3 is 16.0 Å². The Balaban J connectivity index is -0.00000180. The minimum Gasteiger partial charge on any atom is -1.00 e. The summed E-state index contributed by atoms with van der Waals surface area (Å²) < 4.78 is 20.1. The van der Waals surface area contributed by atoms with Crippen molar-refractivity contribution in [3.05, 3.63) is 0 Å². The molecule has 0 saturated carbocycles. The van der Waals surface area contributed by atoms with Crippen LogP contribution in [-0.4, -0.2) is 22.7 Å². The second kappa shape index (κ2) is 16.6. The van der Waals surface area contributed by atoms with Crippen LogP contribution in [0.2, 0.25) is 0 Å². The summed E-state index contributed by atoms with van der Waals surface area (Å²) >= 11 is 0. The van der Waals surface area contributed by atoms with Crippen LogP contribution in [0.25, 0.3) is 0 Å². The molecule has 0 aliphatic heterocycles. The molecule has 0 bridgehead atoms. The summed E-state index contributed by atoms with van der Waals surface area (Å²) in [7, 11) is -4.43. The van der Waals surface area contributed by atoms with Crippen molar-refractivity contribution in [2.75, 3.05) is 6.61 Å². The number of hydrogen-bond acceptors (Lipinski definition) is 3. The van der Waals surface area contributed by atoms with Gasteiger partial charge in [0.1, 0.15) is 0 Å². The van der Waals surface area contributed by atoms with Crippen LogP contribution < -0.4 is 51.4 Å². The monoisotopic (exact) mass is 350 g/mol. The molecule has 0 aromatic heterocycles. The summed E-state index contributed by atoms with van der Waals surface area (Å²) in [5.41, 5.74) is 0. The minimum atomic E-state index is -4.43. The molecule has 5 nitrogen and oxygen atoms in total. The molecular formula is C14H32KO5P. The van der Waals surface area contributed by atoms with Crippen LogP contribution in [-0.2, 0) is 13.8 Å². The van der Waals surface area contributed by atoms with Crippen molar-refractivity contribution < 1.29 is 76.4 Å². The third-order valence-corrected chi connectivity index (χ3v) is 3.71. The average Bonchev–Trinajstić information content (AvgIpc) is 2.34. The van der Waals surface area contributed by atoms with Gasteiger partial charge in [-0.2, -0.15) is 0 Å². The zero-order valence-electron chi connectivity index (χ0n) is 14.9. The van der Waals surface area contributed by atoms with Gasteiger partial charge >= 0.3 is 59.2 Å². The molecule has 21 heavy (non-hydrogen) atoms. The number of ether oxygens (including phenoxy) is 1. The normalized spacial score (nSPS) is 13.0. The van der Waals surface area contributed by atoms with E-state index in [2.05, 4.69) is 11.4 Å². The van der Waals surface area contributed by atoms with Gasteiger partial charge in [0.15, 0.2) is 6.29 Å². The van der Waals surface area contributed by atoms with Crippen molar-refractivity contribution in [1.29, 1.82) is 0 Å². The SMILES string of the molecule is CCCCCCCCCCCCOC(C)OP(=O)(O)O.[H-].[K+]. The van der Waals surface area contributed by atoms with E-state index in [4.69, 9.17) is 14.5 Å². The second-order valence-corrected chi connectivity index (χ2v) is 6.41. The Labute approximate surface area is 173 Å². The van der Waals surface area contributed by atoms with E-state index in [9.17, 15) is 4.57 Å².